The van der Waals surface area contributed by atoms with Gasteiger partial charge >= 0.3 is 0 Å². The van der Waals surface area contributed by atoms with Crippen molar-refractivity contribution in [2.24, 2.45) is 0 Å². The van der Waals surface area contributed by atoms with E-state index >= 15 is 0 Å². The molecule has 1 fully saturated rings. The van der Waals surface area contributed by atoms with Crippen LogP contribution in [0, 0.1) is 0 Å². The highest BCUT2D eigenvalue weighted by Crippen LogP contribution is 2.22. The summed E-state index contributed by atoms with van der Waals surface area (Å²) < 4.78 is 0. The van der Waals surface area contributed by atoms with Crippen LogP contribution in [0.25, 0.3) is 0 Å². The van der Waals surface area contributed by atoms with Crippen LogP contribution in [0.2, 0.25) is 0 Å². The molecule has 0 spiro atoms. The summed E-state index contributed by atoms with van der Waals surface area (Å²) in [5, 5.41) is 0. The molecule has 0 atom stereocenters. The van der Waals surface area contributed by atoms with Gasteiger partial charge in [-0.3, -0.25) is 4.79 Å². The lowest BCUT2D eigenvalue weighted by Gasteiger charge is -2.18. The normalized spacial score (nSPS) is 15.3. The van der Waals surface area contributed by atoms with Crippen LogP contribution < -0.4 is 4.90 Å². The molecule has 2 rings (SSSR count). The molecule has 1 aliphatic rings. The Hall–Kier alpha value is -1.64. The standard InChI is InChI=1S/C12H14N2O/c1-2-11(15)10-6-5-7-13-12(10)14-8-3-4-9-14/h2,5-7H,1,3-4,8-9H2. The first-order chi connectivity index (χ1) is 7.33. The van der Waals surface area contributed by atoms with Gasteiger partial charge in [0.15, 0.2) is 5.78 Å². The molecule has 3 nitrogen and oxygen atoms in total. The summed E-state index contributed by atoms with van der Waals surface area (Å²) in [6.45, 7) is 5.50. The third kappa shape index (κ3) is 1.91. The molecular formula is C12H14N2O. The highest BCUT2D eigenvalue weighted by atomic mass is 16.1. The summed E-state index contributed by atoms with van der Waals surface area (Å²) in [5.74, 6) is 0.755. The van der Waals surface area contributed by atoms with Crippen molar-refractivity contribution in [3.63, 3.8) is 0 Å². The molecule has 15 heavy (non-hydrogen) atoms. The first kappa shape index (κ1) is 9.90. The molecule has 0 unspecified atom stereocenters. The van der Waals surface area contributed by atoms with E-state index in [2.05, 4.69) is 16.5 Å². The Kier molecular flexibility index (Phi) is 2.81. The molecule has 0 saturated carbocycles. The number of aromatic nitrogens is 1. The van der Waals surface area contributed by atoms with Crippen LogP contribution in [0.3, 0.4) is 0 Å². The zero-order valence-corrected chi connectivity index (χ0v) is 8.65. The van der Waals surface area contributed by atoms with E-state index in [-0.39, 0.29) is 5.78 Å². The van der Waals surface area contributed by atoms with Gasteiger partial charge in [0.1, 0.15) is 5.82 Å². The molecule has 2 heterocycles. The number of ketones is 1. The predicted molar refractivity (Wildman–Crippen MR) is 60.2 cm³/mol. The average Bonchev–Trinajstić information content (AvgIpc) is 2.81. The highest BCUT2D eigenvalue weighted by Gasteiger charge is 2.18. The second-order valence-electron chi connectivity index (χ2n) is 3.64. The van der Waals surface area contributed by atoms with Crippen molar-refractivity contribution in [1.82, 2.24) is 4.98 Å². The highest BCUT2D eigenvalue weighted by molar-refractivity contribution is 6.07. The molecule has 3 heteroatoms. The van der Waals surface area contributed by atoms with Gasteiger partial charge in [0.25, 0.3) is 0 Å². The molecule has 1 aliphatic heterocycles. The SMILES string of the molecule is C=CC(=O)c1cccnc1N1CCCC1. The maximum Gasteiger partial charge on any atom is 0.188 e. The second-order valence-corrected chi connectivity index (χ2v) is 3.64. The fourth-order valence-electron chi connectivity index (χ4n) is 1.88. The Bertz CT molecular complexity index is 381. The topological polar surface area (TPSA) is 33.2 Å². The molecule has 0 bridgehead atoms. The number of carbonyl (C=O) groups is 1. The van der Waals surface area contributed by atoms with E-state index < -0.39 is 0 Å². The van der Waals surface area contributed by atoms with Gasteiger partial charge in [0.05, 0.1) is 5.56 Å². The molecule has 0 amide bonds. The van der Waals surface area contributed by atoms with Crippen LogP contribution in [0.1, 0.15) is 23.2 Å². The molecule has 1 aromatic rings. The Morgan fingerprint density at radius 3 is 2.87 bits per heavy atom. The Balaban J connectivity index is 2.36. The van der Waals surface area contributed by atoms with Crippen LogP contribution in [0.5, 0.6) is 0 Å². The molecule has 1 saturated heterocycles. The zero-order chi connectivity index (χ0) is 10.7. The zero-order valence-electron chi connectivity index (χ0n) is 8.65. The van der Waals surface area contributed by atoms with E-state index in [0.717, 1.165) is 18.9 Å². The van der Waals surface area contributed by atoms with E-state index in [1.807, 2.05) is 6.07 Å². The van der Waals surface area contributed by atoms with Crippen LogP contribution >= 0.6 is 0 Å². The van der Waals surface area contributed by atoms with Crippen molar-refractivity contribution in [3.8, 4) is 0 Å². The minimum absolute atomic E-state index is 0.0509. The van der Waals surface area contributed by atoms with Gasteiger partial charge in [-0.1, -0.05) is 6.58 Å². The number of hydrogen-bond donors (Lipinski definition) is 0. The smallest absolute Gasteiger partial charge is 0.188 e. The first-order valence-electron chi connectivity index (χ1n) is 5.19. The van der Waals surface area contributed by atoms with Crippen molar-refractivity contribution in [3.05, 3.63) is 36.5 Å². The van der Waals surface area contributed by atoms with E-state index in [9.17, 15) is 4.79 Å². The first-order valence-corrected chi connectivity index (χ1v) is 5.19. The van der Waals surface area contributed by atoms with Gasteiger partial charge in [0, 0.05) is 19.3 Å². The number of rotatable bonds is 3. The molecule has 0 N–H and O–H groups in total. The van der Waals surface area contributed by atoms with Crippen LogP contribution in [0.4, 0.5) is 5.82 Å². The number of allylic oxidation sites excluding steroid dienone is 1. The van der Waals surface area contributed by atoms with E-state index in [1.165, 1.54) is 18.9 Å². The summed E-state index contributed by atoms with van der Waals surface area (Å²) in [7, 11) is 0. The van der Waals surface area contributed by atoms with Gasteiger partial charge in [0.2, 0.25) is 0 Å². The van der Waals surface area contributed by atoms with Crippen molar-refractivity contribution in [2.75, 3.05) is 18.0 Å². The molecule has 1 aromatic heterocycles. The summed E-state index contributed by atoms with van der Waals surface area (Å²) in [6, 6.07) is 3.60. The number of anilines is 1. The second kappa shape index (κ2) is 4.26. The average molecular weight is 202 g/mol. The minimum Gasteiger partial charge on any atom is -0.356 e. The number of pyridine rings is 1. The quantitative estimate of drug-likeness (QED) is 0.555. The lowest BCUT2D eigenvalue weighted by atomic mass is 10.1. The fraction of sp³-hybridized carbons (Fsp3) is 0.333. The predicted octanol–water partition coefficient (Wildman–Crippen LogP) is 2.05. The summed E-state index contributed by atoms with van der Waals surface area (Å²) in [6.07, 6.45) is 5.43. The van der Waals surface area contributed by atoms with Gasteiger partial charge < -0.3 is 4.90 Å². The molecule has 0 aliphatic carbocycles. The van der Waals surface area contributed by atoms with E-state index in [4.69, 9.17) is 0 Å². The molecule has 0 aromatic carbocycles. The Morgan fingerprint density at radius 2 is 2.20 bits per heavy atom. The monoisotopic (exact) mass is 202 g/mol. The number of hydrogen-bond acceptors (Lipinski definition) is 3. The summed E-state index contributed by atoms with van der Waals surface area (Å²) >= 11 is 0. The largest absolute Gasteiger partial charge is 0.356 e. The maximum absolute atomic E-state index is 11.6. The fourth-order valence-corrected chi connectivity index (χ4v) is 1.88. The van der Waals surface area contributed by atoms with Crippen LogP contribution in [-0.2, 0) is 0 Å². The van der Waals surface area contributed by atoms with Gasteiger partial charge in [-0.25, -0.2) is 4.98 Å². The summed E-state index contributed by atoms with van der Waals surface area (Å²) in [5.41, 5.74) is 0.661. The van der Waals surface area contributed by atoms with Crippen LogP contribution in [0.15, 0.2) is 31.0 Å². The lowest BCUT2D eigenvalue weighted by molar-refractivity contribution is 0.104. The van der Waals surface area contributed by atoms with Crippen molar-refractivity contribution < 1.29 is 4.79 Å². The number of carbonyl (C=O) groups excluding carboxylic acids is 1. The third-order valence-corrected chi connectivity index (χ3v) is 2.64. The summed E-state index contributed by atoms with van der Waals surface area (Å²) in [4.78, 5) is 18.1. The van der Waals surface area contributed by atoms with Gasteiger partial charge in [-0.2, -0.15) is 0 Å². The Labute approximate surface area is 89.4 Å². The van der Waals surface area contributed by atoms with Crippen molar-refractivity contribution >= 4 is 11.6 Å². The van der Waals surface area contributed by atoms with Gasteiger partial charge in [-0.05, 0) is 31.1 Å². The molecule has 0 radical (unpaired) electrons. The van der Waals surface area contributed by atoms with Gasteiger partial charge in [-0.15, -0.1) is 0 Å². The number of nitrogens with zero attached hydrogens (tertiary/aromatic N) is 2. The maximum atomic E-state index is 11.6. The van der Waals surface area contributed by atoms with Crippen molar-refractivity contribution in [1.29, 1.82) is 0 Å². The minimum atomic E-state index is -0.0509. The van der Waals surface area contributed by atoms with E-state index in [0.29, 0.717) is 5.56 Å². The van der Waals surface area contributed by atoms with E-state index in [1.54, 1.807) is 12.3 Å². The molecule has 78 valence electrons. The molecular weight excluding hydrogens is 188 g/mol. The van der Waals surface area contributed by atoms with Crippen molar-refractivity contribution in [2.45, 2.75) is 12.8 Å². The third-order valence-electron chi connectivity index (χ3n) is 2.64. The lowest BCUT2D eigenvalue weighted by Crippen LogP contribution is -2.21. The Morgan fingerprint density at radius 1 is 1.47 bits per heavy atom. The van der Waals surface area contributed by atoms with Crippen LogP contribution in [-0.4, -0.2) is 23.9 Å².